The fourth-order valence-corrected chi connectivity index (χ4v) is 4.90. The average Bonchev–Trinajstić information content (AvgIpc) is 2.99. The van der Waals surface area contributed by atoms with Gasteiger partial charge in [-0.2, -0.15) is 0 Å². The Balaban J connectivity index is 1.65. The van der Waals surface area contributed by atoms with Crippen LogP contribution in [0.15, 0.2) is 59.5 Å². The van der Waals surface area contributed by atoms with Gasteiger partial charge in [0.05, 0.1) is 11.3 Å². The molecule has 2 N–H and O–H groups in total. The molecule has 29 heavy (non-hydrogen) atoms. The summed E-state index contributed by atoms with van der Waals surface area (Å²) < 4.78 is 43.0. The lowest BCUT2D eigenvalue weighted by Crippen LogP contribution is -2.36. The van der Waals surface area contributed by atoms with Gasteiger partial charge in [0.15, 0.2) is 0 Å². The average molecular weight is 414 g/mol. The number of aryl methyl sites for hydroxylation is 1. The Morgan fingerprint density at radius 3 is 2.62 bits per heavy atom. The number of aliphatic carboxylic acids is 1. The molecule has 0 fully saturated rings. The van der Waals surface area contributed by atoms with Crippen molar-refractivity contribution in [2.75, 3.05) is 0 Å². The van der Waals surface area contributed by atoms with Gasteiger partial charge in [-0.15, -0.1) is 0 Å². The summed E-state index contributed by atoms with van der Waals surface area (Å²) in [6, 6.07) is 11.9. The number of halogens is 1. The highest BCUT2D eigenvalue weighted by Gasteiger charge is 2.25. The van der Waals surface area contributed by atoms with Gasteiger partial charge >= 0.3 is 5.97 Å². The minimum absolute atomic E-state index is 0.000418. The standard InChI is InChI=1S/C21H19FN2O4S/c22-14-5-8-16(9-6-14)29(27,28)23-15-7-10-20-18(13-15)17-3-1-2-4-19(17)24(20)12-11-21(25)26/h1-10,15,23H,11-13H2,(H,25,26)/t15-/m1/s1. The van der Waals surface area contributed by atoms with E-state index >= 15 is 0 Å². The van der Waals surface area contributed by atoms with E-state index in [1.165, 1.54) is 12.1 Å². The lowest BCUT2D eigenvalue weighted by atomic mass is 9.98. The topological polar surface area (TPSA) is 88.4 Å². The van der Waals surface area contributed by atoms with Crippen molar-refractivity contribution < 1.29 is 22.7 Å². The van der Waals surface area contributed by atoms with E-state index in [0.29, 0.717) is 13.0 Å². The van der Waals surface area contributed by atoms with Gasteiger partial charge in [0.25, 0.3) is 0 Å². The van der Waals surface area contributed by atoms with Crippen LogP contribution in [0.4, 0.5) is 4.39 Å². The number of aromatic nitrogens is 1. The van der Waals surface area contributed by atoms with Gasteiger partial charge in [0.1, 0.15) is 5.82 Å². The second-order valence-electron chi connectivity index (χ2n) is 6.92. The minimum Gasteiger partial charge on any atom is -0.481 e. The summed E-state index contributed by atoms with van der Waals surface area (Å²) in [6.07, 6.45) is 4.03. The summed E-state index contributed by atoms with van der Waals surface area (Å²) in [6.45, 7) is 0.335. The second-order valence-corrected chi connectivity index (χ2v) is 8.64. The number of carbonyl (C=O) groups is 1. The molecule has 1 aromatic heterocycles. The van der Waals surface area contributed by atoms with Crippen LogP contribution >= 0.6 is 0 Å². The molecule has 6 nitrogen and oxygen atoms in total. The van der Waals surface area contributed by atoms with Crippen LogP contribution in [0.25, 0.3) is 17.0 Å². The second kappa shape index (κ2) is 7.46. The van der Waals surface area contributed by atoms with E-state index in [-0.39, 0.29) is 11.3 Å². The number of para-hydroxylation sites is 1. The van der Waals surface area contributed by atoms with E-state index in [1.54, 1.807) is 6.08 Å². The summed E-state index contributed by atoms with van der Waals surface area (Å²) in [4.78, 5) is 11.0. The minimum atomic E-state index is -3.80. The number of benzene rings is 2. The molecule has 4 rings (SSSR count). The van der Waals surface area contributed by atoms with Gasteiger partial charge in [-0.1, -0.05) is 24.3 Å². The van der Waals surface area contributed by atoms with Crippen molar-refractivity contribution in [2.24, 2.45) is 0 Å². The van der Waals surface area contributed by atoms with Gasteiger partial charge in [0.2, 0.25) is 10.0 Å². The molecule has 150 valence electrons. The fraction of sp³-hybridized carbons (Fsp3) is 0.190. The molecule has 3 aromatic rings. The number of sulfonamides is 1. The third-order valence-electron chi connectivity index (χ3n) is 5.01. The normalized spacial score (nSPS) is 16.1. The molecule has 8 heteroatoms. The van der Waals surface area contributed by atoms with Crippen LogP contribution < -0.4 is 4.72 Å². The molecule has 1 heterocycles. The fourth-order valence-electron chi connectivity index (χ4n) is 3.71. The van der Waals surface area contributed by atoms with Gasteiger partial charge in [-0.25, -0.2) is 17.5 Å². The Kier molecular flexibility index (Phi) is 4.97. The smallest absolute Gasteiger partial charge is 0.305 e. The van der Waals surface area contributed by atoms with Crippen molar-refractivity contribution in [2.45, 2.75) is 30.3 Å². The molecular weight excluding hydrogens is 395 g/mol. The number of hydrogen-bond acceptors (Lipinski definition) is 3. The van der Waals surface area contributed by atoms with Gasteiger partial charge in [-0.05, 0) is 48.4 Å². The Labute approximate surface area is 167 Å². The molecule has 0 radical (unpaired) electrons. The third-order valence-corrected chi connectivity index (χ3v) is 6.52. The molecular formula is C21H19FN2O4S. The SMILES string of the molecule is O=C(O)CCn1c2c(c3ccccc31)C[C@H](NS(=O)(=O)c1ccc(F)cc1)C=C2. The van der Waals surface area contributed by atoms with Crippen LogP contribution in [-0.2, 0) is 27.8 Å². The Morgan fingerprint density at radius 1 is 1.17 bits per heavy atom. The van der Waals surface area contributed by atoms with E-state index < -0.39 is 27.9 Å². The number of nitrogens with zero attached hydrogens (tertiary/aromatic N) is 1. The molecule has 1 aliphatic rings. The first-order valence-electron chi connectivity index (χ1n) is 9.13. The van der Waals surface area contributed by atoms with Crippen LogP contribution in [0.5, 0.6) is 0 Å². The molecule has 0 saturated carbocycles. The molecule has 2 aromatic carbocycles. The zero-order valence-corrected chi connectivity index (χ0v) is 16.2. The maximum absolute atomic E-state index is 13.1. The number of nitrogens with one attached hydrogen (secondary N) is 1. The van der Waals surface area contributed by atoms with Crippen LogP contribution in [0.1, 0.15) is 17.7 Å². The van der Waals surface area contributed by atoms with E-state index in [1.807, 2.05) is 34.9 Å². The van der Waals surface area contributed by atoms with Gasteiger partial charge < -0.3 is 9.67 Å². The van der Waals surface area contributed by atoms with Gasteiger partial charge in [-0.3, -0.25) is 4.79 Å². The number of hydrogen-bond donors (Lipinski definition) is 2. The molecule has 1 aliphatic carbocycles. The summed E-state index contributed by atoms with van der Waals surface area (Å²) in [5.74, 6) is -1.37. The Morgan fingerprint density at radius 2 is 1.90 bits per heavy atom. The Bertz CT molecular complexity index is 1210. The van der Waals surface area contributed by atoms with Gasteiger partial charge in [0, 0.05) is 29.2 Å². The molecule has 0 bridgehead atoms. The lowest BCUT2D eigenvalue weighted by molar-refractivity contribution is -0.137. The van der Waals surface area contributed by atoms with E-state index in [2.05, 4.69) is 4.72 Å². The quantitative estimate of drug-likeness (QED) is 0.649. The van der Waals surface area contributed by atoms with Crippen molar-refractivity contribution in [3.63, 3.8) is 0 Å². The highest BCUT2D eigenvalue weighted by molar-refractivity contribution is 7.89. The molecule has 1 atom stereocenters. The van der Waals surface area contributed by atoms with Crippen LogP contribution in [0.3, 0.4) is 0 Å². The number of carboxylic acids is 1. The third kappa shape index (κ3) is 3.81. The number of fused-ring (bicyclic) bond motifs is 3. The molecule has 0 aliphatic heterocycles. The highest BCUT2D eigenvalue weighted by atomic mass is 32.2. The van der Waals surface area contributed by atoms with Crippen molar-refractivity contribution >= 4 is 33.0 Å². The van der Waals surface area contributed by atoms with Crippen molar-refractivity contribution in [1.82, 2.24) is 9.29 Å². The van der Waals surface area contributed by atoms with E-state index in [0.717, 1.165) is 34.3 Å². The first kappa shape index (κ1) is 19.4. The van der Waals surface area contributed by atoms with Crippen LogP contribution in [-0.4, -0.2) is 30.1 Å². The maximum Gasteiger partial charge on any atom is 0.305 e. The summed E-state index contributed by atoms with van der Waals surface area (Å²) in [5, 5.41) is 10.0. The molecule has 0 unspecified atom stereocenters. The highest BCUT2D eigenvalue weighted by Crippen LogP contribution is 2.32. The first-order valence-corrected chi connectivity index (χ1v) is 10.6. The number of carboxylic acid groups (broad SMARTS) is 1. The van der Waals surface area contributed by atoms with Crippen LogP contribution in [0, 0.1) is 5.82 Å². The maximum atomic E-state index is 13.1. The molecule has 0 saturated heterocycles. The van der Waals surface area contributed by atoms with Crippen LogP contribution in [0.2, 0.25) is 0 Å². The predicted octanol–water partition coefficient (Wildman–Crippen LogP) is 3.17. The van der Waals surface area contributed by atoms with Crippen molar-refractivity contribution in [3.05, 3.63) is 71.7 Å². The Hall–Kier alpha value is -2.97. The van der Waals surface area contributed by atoms with Crippen molar-refractivity contribution in [1.29, 1.82) is 0 Å². The monoisotopic (exact) mass is 414 g/mol. The first-order chi connectivity index (χ1) is 13.8. The molecule has 0 spiro atoms. The zero-order valence-electron chi connectivity index (χ0n) is 15.4. The number of rotatable bonds is 6. The predicted molar refractivity (Wildman–Crippen MR) is 107 cm³/mol. The van der Waals surface area contributed by atoms with E-state index in [4.69, 9.17) is 5.11 Å². The summed E-state index contributed by atoms with van der Waals surface area (Å²) in [7, 11) is -3.80. The lowest BCUT2D eigenvalue weighted by Gasteiger charge is -2.20. The largest absolute Gasteiger partial charge is 0.481 e. The summed E-state index contributed by atoms with van der Waals surface area (Å²) in [5.41, 5.74) is 2.79. The van der Waals surface area contributed by atoms with Crippen molar-refractivity contribution in [3.8, 4) is 0 Å². The summed E-state index contributed by atoms with van der Waals surface area (Å²) >= 11 is 0. The molecule has 0 amide bonds. The van der Waals surface area contributed by atoms with E-state index in [9.17, 15) is 17.6 Å². The zero-order chi connectivity index (χ0) is 20.6.